The minimum absolute atomic E-state index is 0.313. The number of carbonyl (C=O) groups excluding carboxylic acids is 3. The molecule has 208 valence electrons. The normalized spacial score (nSPS) is 12.9. The molecule has 0 aromatic carbocycles. The molecule has 8 nitrogen and oxygen atoms in total. The maximum absolute atomic E-state index is 11.8. The number of rotatable bonds is 17. The van der Waals surface area contributed by atoms with E-state index in [1.165, 1.54) is 12.2 Å². The Morgan fingerprint density at radius 3 is 1.61 bits per heavy atom. The number of ether oxygens (including phenoxy) is 2. The first-order chi connectivity index (χ1) is 16.4. The number of hydrogen-bond donors (Lipinski definition) is 1. The Kier molecular flexibility index (Phi) is 15.0. The van der Waals surface area contributed by atoms with Gasteiger partial charge < -0.3 is 23.0 Å². The van der Waals surface area contributed by atoms with Crippen LogP contribution in [0.4, 0.5) is 0 Å². The van der Waals surface area contributed by atoms with E-state index in [9.17, 15) is 14.4 Å². The van der Waals surface area contributed by atoms with Crippen LogP contribution in [0.15, 0.2) is 24.8 Å². The summed E-state index contributed by atoms with van der Waals surface area (Å²) < 4.78 is 23.5. The maximum Gasteiger partial charge on any atom is 0.330 e. The fourth-order valence-electron chi connectivity index (χ4n) is 3.77. The second-order valence-corrected chi connectivity index (χ2v) is 24.1. The third-order valence-corrected chi connectivity index (χ3v) is 16.4. The van der Waals surface area contributed by atoms with Crippen LogP contribution in [-0.4, -0.2) is 61.8 Å². The molecular weight excluding hydrogens is 511 g/mol. The van der Waals surface area contributed by atoms with Crippen LogP contribution in [0.2, 0.25) is 51.4 Å². The van der Waals surface area contributed by atoms with Crippen LogP contribution in [0.1, 0.15) is 46.5 Å². The lowest BCUT2D eigenvalue weighted by Crippen LogP contribution is -2.52. The third-order valence-electron chi connectivity index (χ3n) is 4.91. The molecule has 0 rings (SSSR count). The smallest absolute Gasteiger partial charge is 0.330 e. The van der Waals surface area contributed by atoms with Crippen LogP contribution >= 0.6 is 0 Å². The van der Waals surface area contributed by atoms with Gasteiger partial charge in [-0.15, -0.1) is 0 Å². The number of carbonyl (C=O) groups is 3. The predicted octanol–water partition coefficient (Wildman–Crippen LogP) is 5.44. The van der Waals surface area contributed by atoms with Gasteiger partial charge in [0.25, 0.3) is 0 Å². The summed E-state index contributed by atoms with van der Waals surface area (Å²) in [4.78, 5) is 34.7. The van der Waals surface area contributed by atoms with Crippen molar-refractivity contribution in [3.05, 3.63) is 24.8 Å². The molecule has 1 amide bonds. The monoisotopic (exact) mass is 559 g/mol. The van der Waals surface area contributed by atoms with Crippen molar-refractivity contribution in [3.63, 3.8) is 0 Å². The minimum atomic E-state index is -2.30. The minimum Gasteiger partial charge on any atom is -0.463 e. The molecule has 0 unspecified atom stereocenters. The van der Waals surface area contributed by atoms with Crippen molar-refractivity contribution >= 4 is 43.0 Å². The Morgan fingerprint density at radius 1 is 0.750 bits per heavy atom. The molecule has 0 heterocycles. The molecule has 0 saturated carbocycles. The number of nitrogens with one attached hydrogen (secondary N) is 1. The summed E-state index contributed by atoms with van der Waals surface area (Å²) >= 11 is 0. The van der Waals surface area contributed by atoms with Crippen molar-refractivity contribution in [1.82, 2.24) is 5.32 Å². The van der Waals surface area contributed by atoms with Gasteiger partial charge in [-0.05, 0) is 85.0 Å². The standard InChI is InChI=1S/C25H49NO7Si3/c1-11-23(28)30-18-12-14-20-34(5,6)32-36(9,10)33-35(7,8)21-15-13-19-31-24(29)17-16-22(27)26-25(2,3)4/h11,16-17H,1,12-15,18-21H2,2-10H3,(H,26,27)/b17-16+. The van der Waals surface area contributed by atoms with Crippen LogP contribution in [0.5, 0.6) is 0 Å². The molecular formula is C25H49NO7Si3. The van der Waals surface area contributed by atoms with Gasteiger partial charge in [0.2, 0.25) is 5.91 Å². The Labute approximate surface area is 221 Å². The van der Waals surface area contributed by atoms with E-state index in [2.05, 4.69) is 51.2 Å². The largest absolute Gasteiger partial charge is 0.463 e. The summed E-state index contributed by atoms with van der Waals surface area (Å²) in [6.07, 6.45) is 6.94. The van der Waals surface area contributed by atoms with Crippen molar-refractivity contribution in [2.24, 2.45) is 0 Å². The third kappa shape index (κ3) is 19.6. The Balaban J connectivity index is 4.33. The van der Waals surface area contributed by atoms with Gasteiger partial charge in [0.15, 0.2) is 16.6 Å². The van der Waals surface area contributed by atoms with Gasteiger partial charge in [-0.2, -0.15) is 0 Å². The topological polar surface area (TPSA) is 100 Å². The quantitative estimate of drug-likeness (QED) is 0.110. The molecule has 0 atom stereocenters. The van der Waals surface area contributed by atoms with E-state index in [-0.39, 0.29) is 17.4 Å². The molecule has 0 aliphatic heterocycles. The SMILES string of the molecule is C=CC(=O)OCCCC[Si](C)(C)O[Si](C)(C)O[Si](C)(C)CCCCOC(=O)/C=C/C(=O)NC(C)(C)C. The fourth-order valence-corrected chi connectivity index (χ4v) is 18.0. The highest BCUT2D eigenvalue weighted by Crippen LogP contribution is 2.26. The zero-order valence-electron chi connectivity index (χ0n) is 24.0. The molecule has 0 spiro atoms. The number of esters is 2. The Bertz CT molecular complexity index is 759. The predicted molar refractivity (Wildman–Crippen MR) is 152 cm³/mol. The number of hydrogen-bond acceptors (Lipinski definition) is 7. The molecule has 0 aliphatic carbocycles. The van der Waals surface area contributed by atoms with Gasteiger partial charge in [0.1, 0.15) is 0 Å². The van der Waals surface area contributed by atoms with E-state index in [4.69, 9.17) is 17.7 Å². The lowest BCUT2D eigenvalue weighted by Gasteiger charge is -2.38. The molecule has 0 aliphatic rings. The van der Waals surface area contributed by atoms with E-state index in [1.54, 1.807) is 0 Å². The molecule has 36 heavy (non-hydrogen) atoms. The van der Waals surface area contributed by atoms with Gasteiger partial charge in [0, 0.05) is 23.8 Å². The van der Waals surface area contributed by atoms with E-state index in [0.29, 0.717) is 13.2 Å². The summed E-state index contributed by atoms with van der Waals surface area (Å²) in [5.74, 6) is -1.22. The summed E-state index contributed by atoms with van der Waals surface area (Å²) in [6, 6.07) is 1.93. The van der Waals surface area contributed by atoms with Crippen molar-refractivity contribution in [2.45, 2.75) is 103 Å². The van der Waals surface area contributed by atoms with Crippen molar-refractivity contribution < 1.29 is 32.1 Å². The maximum atomic E-state index is 11.8. The molecule has 0 saturated heterocycles. The lowest BCUT2D eigenvalue weighted by molar-refractivity contribution is -0.138. The summed E-state index contributed by atoms with van der Waals surface area (Å²) in [5.41, 5.74) is -0.353. The second kappa shape index (κ2) is 15.7. The zero-order chi connectivity index (χ0) is 28.0. The van der Waals surface area contributed by atoms with Crippen LogP contribution in [-0.2, 0) is 32.1 Å². The zero-order valence-corrected chi connectivity index (χ0v) is 27.0. The average molecular weight is 560 g/mol. The molecule has 0 bridgehead atoms. The highest BCUT2D eigenvalue weighted by atomic mass is 28.5. The van der Waals surface area contributed by atoms with E-state index < -0.39 is 31.2 Å². The van der Waals surface area contributed by atoms with Crippen LogP contribution < -0.4 is 5.32 Å². The average Bonchev–Trinajstić information content (AvgIpc) is 2.68. The van der Waals surface area contributed by atoms with Crippen LogP contribution in [0.3, 0.4) is 0 Å². The summed E-state index contributed by atoms with van der Waals surface area (Å²) in [6.45, 7) is 22.8. The molecule has 0 fully saturated rings. The first kappa shape index (κ1) is 34.5. The number of amides is 1. The first-order valence-corrected chi connectivity index (χ1v) is 21.8. The van der Waals surface area contributed by atoms with Crippen molar-refractivity contribution in [2.75, 3.05) is 13.2 Å². The molecule has 0 aromatic heterocycles. The number of unbranched alkanes of at least 4 members (excludes halogenated alkanes) is 2. The Hall–Kier alpha value is -1.54. The lowest BCUT2D eigenvalue weighted by atomic mass is 10.1. The van der Waals surface area contributed by atoms with Crippen LogP contribution in [0, 0.1) is 0 Å². The van der Waals surface area contributed by atoms with Gasteiger partial charge in [-0.25, -0.2) is 9.59 Å². The highest BCUT2D eigenvalue weighted by Gasteiger charge is 2.39. The van der Waals surface area contributed by atoms with Crippen molar-refractivity contribution in [3.8, 4) is 0 Å². The van der Waals surface area contributed by atoms with Gasteiger partial charge in [-0.1, -0.05) is 19.4 Å². The van der Waals surface area contributed by atoms with E-state index in [1.807, 2.05) is 20.8 Å². The van der Waals surface area contributed by atoms with Gasteiger partial charge in [-0.3, -0.25) is 4.79 Å². The first-order valence-electron chi connectivity index (χ1n) is 12.7. The van der Waals surface area contributed by atoms with Crippen LogP contribution in [0.25, 0.3) is 0 Å². The van der Waals surface area contributed by atoms with Gasteiger partial charge >= 0.3 is 20.5 Å². The Morgan fingerprint density at radius 2 is 1.19 bits per heavy atom. The second-order valence-electron chi connectivity index (χ2n) is 11.6. The summed E-state index contributed by atoms with van der Waals surface area (Å²) in [5, 5.41) is 2.75. The summed E-state index contributed by atoms with van der Waals surface area (Å²) in [7, 11) is -6.15. The molecule has 0 aromatic rings. The van der Waals surface area contributed by atoms with E-state index in [0.717, 1.165) is 43.8 Å². The molecule has 0 radical (unpaired) electrons. The van der Waals surface area contributed by atoms with E-state index >= 15 is 0 Å². The fraction of sp³-hybridized carbons (Fsp3) is 0.720. The highest BCUT2D eigenvalue weighted by molar-refractivity contribution is 6.87. The molecule has 1 N–H and O–H groups in total. The van der Waals surface area contributed by atoms with Gasteiger partial charge in [0.05, 0.1) is 13.2 Å². The molecule has 11 heteroatoms. The van der Waals surface area contributed by atoms with Crippen molar-refractivity contribution in [1.29, 1.82) is 0 Å².